The minimum absolute atomic E-state index is 0.00422. The van der Waals surface area contributed by atoms with Crippen molar-refractivity contribution in [2.24, 2.45) is 0 Å². The Morgan fingerprint density at radius 2 is 1.21 bits per heavy atom. The Balaban J connectivity index is 1.42. The quantitative estimate of drug-likeness (QED) is 0.340. The summed E-state index contributed by atoms with van der Waals surface area (Å²) in [4.78, 5) is 38.5. The zero-order valence-corrected chi connectivity index (χ0v) is 17.3. The average Bonchev–Trinajstić information content (AvgIpc) is 2.85. The van der Waals surface area contributed by atoms with Gasteiger partial charge in [0, 0.05) is 28.1 Å². The number of hydrogen-bond acceptors (Lipinski definition) is 5. The fourth-order valence-corrected chi connectivity index (χ4v) is 3.90. The van der Waals surface area contributed by atoms with Crippen LogP contribution in [0, 0.1) is 0 Å². The molecular weight excluding hydrogens is 416 g/mol. The summed E-state index contributed by atoms with van der Waals surface area (Å²) in [6.45, 7) is 0. The van der Waals surface area contributed by atoms with E-state index in [-0.39, 0.29) is 39.9 Å². The van der Waals surface area contributed by atoms with E-state index in [1.807, 2.05) is 6.07 Å². The summed E-state index contributed by atoms with van der Waals surface area (Å²) in [5, 5.41) is 16.3. The summed E-state index contributed by atoms with van der Waals surface area (Å²) < 4.78 is 0. The van der Waals surface area contributed by atoms with Crippen molar-refractivity contribution in [3.05, 3.63) is 119 Å². The van der Waals surface area contributed by atoms with Crippen molar-refractivity contribution in [2.75, 3.05) is 10.6 Å². The first kappa shape index (κ1) is 20.2. The van der Waals surface area contributed by atoms with Crippen molar-refractivity contribution in [3.63, 3.8) is 0 Å². The molecule has 3 N–H and O–H groups in total. The van der Waals surface area contributed by atoms with Crippen LogP contribution < -0.4 is 10.6 Å². The molecule has 160 valence electrons. The molecule has 33 heavy (non-hydrogen) atoms. The third kappa shape index (κ3) is 3.64. The topological polar surface area (TPSA) is 95.5 Å². The number of ketones is 2. The second-order valence-corrected chi connectivity index (χ2v) is 7.61. The molecule has 0 aromatic heterocycles. The third-order valence-electron chi connectivity index (χ3n) is 5.51. The number of benzene rings is 4. The van der Waals surface area contributed by atoms with Crippen molar-refractivity contribution in [3.8, 4) is 5.75 Å². The molecule has 5 rings (SSSR count). The van der Waals surface area contributed by atoms with Crippen LogP contribution in [0.5, 0.6) is 5.75 Å². The number of nitrogens with one attached hydrogen (secondary N) is 2. The van der Waals surface area contributed by atoms with Gasteiger partial charge >= 0.3 is 0 Å². The van der Waals surface area contributed by atoms with E-state index in [1.165, 1.54) is 6.07 Å². The number of rotatable bonds is 4. The van der Waals surface area contributed by atoms with Gasteiger partial charge in [-0.25, -0.2) is 0 Å². The average molecular weight is 434 g/mol. The number of anilines is 3. The van der Waals surface area contributed by atoms with Gasteiger partial charge in [-0.2, -0.15) is 0 Å². The van der Waals surface area contributed by atoms with E-state index in [9.17, 15) is 19.5 Å². The van der Waals surface area contributed by atoms with Gasteiger partial charge in [-0.1, -0.05) is 42.5 Å². The van der Waals surface area contributed by atoms with Gasteiger partial charge < -0.3 is 15.7 Å². The molecule has 0 aliphatic heterocycles. The summed E-state index contributed by atoms with van der Waals surface area (Å²) in [5.41, 5.74) is 2.96. The normalized spacial score (nSPS) is 12.0. The molecule has 1 amide bonds. The van der Waals surface area contributed by atoms with E-state index >= 15 is 0 Å². The van der Waals surface area contributed by atoms with Crippen LogP contribution in [0.1, 0.15) is 42.2 Å². The van der Waals surface area contributed by atoms with E-state index in [0.29, 0.717) is 28.2 Å². The maximum Gasteiger partial charge on any atom is 0.255 e. The summed E-state index contributed by atoms with van der Waals surface area (Å²) in [7, 11) is 0. The fraction of sp³-hybridized carbons (Fsp3) is 0. The molecule has 0 saturated heterocycles. The van der Waals surface area contributed by atoms with Crippen LogP contribution in [-0.4, -0.2) is 22.6 Å². The minimum Gasteiger partial charge on any atom is -0.507 e. The highest BCUT2D eigenvalue weighted by Crippen LogP contribution is 2.38. The smallest absolute Gasteiger partial charge is 0.255 e. The van der Waals surface area contributed by atoms with Crippen molar-refractivity contribution in [2.45, 2.75) is 0 Å². The lowest BCUT2D eigenvalue weighted by Gasteiger charge is -2.21. The highest BCUT2D eigenvalue weighted by Gasteiger charge is 2.33. The van der Waals surface area contributed by atoms with Crippen molar-refractivity contribution in [1.82, 2.24) is 0 Å². The van der Waals surface area contributed by atoms with Crippen molar-refractivity contribution in [1.29, 1.82) is 0 Å². The summed E-state index contributed by atoms with van der Waals surface area (Å²) >= 11 is 0. The monoisotopic (exact) mass is 434 g/mol. The molecule has 0 heterocycles. The van der Waals surface area contributed by atoms with E-state index in [2.05, 4.69) is 10.6 Å². The summed E-state index contributed by atoms with van der Waals surface area (Å²) in [5.74, 6) is -1.17. The van der Waals surface area contributed by atoms with Gasteiger partial charge in [0.1, 0.15) is 5.75 Å². The molecule has 0 atom stereocenters. The first-order valence-electron chi connectivity index (χ1n) is 10.3. The van der Waals surface area contributed by atoms with Crippen molar-refractivity contribution < 1.29 is 19.5 Å². The largest absolute Gasteiger partial charge is 0.507 e. The predicted molar refractivity (Wildman–Crippen MR) is 126 cm³/mol. The second kappa shape index (κ2) is 8.09. The number of carbonyl (C=O) groups is 3. The predicted octanol–water partition coefficient (Wildman–Crippen LogP) is 5.16. The van der Waals surface area contributed by atoms with Gasteiger partial charge in [-0.05, 0) is 48.5 Å². The number of hydrogen-bond donors (Lipinski definition) is 3. The maximum atomic E-state index is 13.2. The Labute approximate surface area is 189 Å². The second-order valence-electron chi connectivity index (χ2n) is 7.61. The lowest BCUT2D eigenvalue weighted by Crippen LogP contribution is -2.22. The van der Waals surface area contributed by atoms with Gasteiger partial charge in [-0.3, -0.25) is 14.4 Å². The molecule has 4 aromatic carbocycles. The molecule has 0 unspecified atom stereocenters. The molecule has 6 nitrogen and oxygen atoms in total. The minimum atomic E-state index is -0.389. The Hall–Kier alpha value is -4.71. The molecule has 0 saturated carbocycles. The van der Waals surface area contributed by atoms with Crippen LogP contribution in [0.3, 0.4) is 0 Å². The zero-order valence-electron chi connectivity index (χ0n) is 17.3. The number of aromatic hydroxyl groups is 1. The van der Waals surface area contributed by atoms with Gasteiger partial charge in [0.05, 0.1) is 16.8 Å². The van der Waals surface area contributed by atoms with Crippen LogP contribution in [0.2, 0.25) is 0 Å². The van der Waals surface area contributed by atoms with Crippen LogP contribution >= 0.6 is 0 Å². The number of amides is 1. The van der Waals surface area contributed by atoms with E-state index in [4.69, 9.17) is 0 Å². The summed E-state index contributed by atoms with van der Waals surface area (Å²) in [6.07, 6.45) is 0. The van der Waals surface area contributed by atoms with Gasteiger partial charge in [0.2, 0.25) is 0 Å². The fourth-order valence-electron chi connectivity index (χ4n) is 3.90. The lowest BCUT2D eigenvalue weighted by atomic mass is 9.82. The molecule has 0 fully saturated rings. The molecule has 0 bridgehead atoms. The van der Waals surface area contributed by atoms with Gasteiger partial charge in [-0.15, -0.1) is 0 Å². The SMILES string of the molecule is O=C(Nc1ccc(Nc2ccc(O)c3c2C(=O)c2ccccc2C3=O)cc1)c1ccccc1. The Morgan fingerprint density at radius 1 is 0.636 bits per heavy atom. The third-order valence-corrected chi connectivity index (χ3v) is 5.51. The molecular formula is C27H18N2O4. The number of fused-ring (bicyclic) bond motifs is 2. The zero-order chi connectivity index (χ0) is 22.9. The van der Waals surface area contributed by atoms with Gasteiger partial charge in [0.15, 0.2) is 11.6 Å². The maximum absolute atomic E-state index is 13.2. The standard InChI is InChI=1S/C27H18N2O4/c30-22-15-14-21(23-24(22)26(32)20-9-5-4-8-19(20)25(23)31)28-17-10-12-18(13-11-17)29-27(33)16-6-2-1-3-7-16/h1-15,28,30H,(H,29,33). The highest BCUT2D eigenvalue weighted by atomic mass is 16.3. The van der Waals surface area contributed by atoms with Gasteiger partial charge in [0.25, 0.3) is 5.91 Å². The number of phenolic OH excluding ortho intramolecular Hbond substituents is 1. The molecule has 4 aromatic rings. The Bertz CT molecular complexity index is 1410. The van der Waals surface area contributed by atoms with Crippen molar-refractivity contribution >= 4 is 34.5 Å². The first-order chi connectivity index (χ1) is 16.0. The van der Waals surface area contributed by atoms with Crippen LogP contribution in [-0.2, 0) is 0 Å². The molecule has 1 aliphatic carbocycles. The number of phenols is 1. The molecule has 6 heteroatoms. The molecule has 0 spiro atoms. The molecule has 1 aliphatic rings. The van der Waals surface area contributed by atoms with E-state index in [0.717, 1.165) is 0 Å². The van der Waals surface area contributed by atoms with Crippen LogP contribution in [0.4, 0.5) is 17.1 Å². The van der Waals surface area contributed by atoms with E-state index < -0.39 is 0 Å². The van der Waals surface area contributed by atoms with E-state index in [1.54, 1.807) is 78.9 Å². The summed E-state index contributed by atoms with van der Waals surface area (Å²) in [6, 6.07) is 25.4. The van der Waals surface area contributed by atoms with Crippen LogP contribution in [0.15, 0.2) is 91.0 Å². The Kier molecular flexibility index (Phi) is 4.95. The first-order valence-corrected chi connectivity index (χ1v) is 10.3. The highest BCUT2D eigenvalue weighted by molar-refractivity contribution is 6.31. The Morgan fingerprint density at radius 3 is 1.88 bits per heavy atom. The lowest BCUT2D eigenvalue weighted by molar-refractivity contribution is 0.0977. The number of carbonyl (C=O) groups excluding carboxylic acids is 3. The van der Waals surface area contributed by atoms with Crippen LogP contribution in [0.25, 0.3) is 0 Å². The molecule has 0 radical (unpaired) electrons.